The number of hydrogen-bond donors (Lipinski definition) is 1. The number of carboxylic acids is 1. The van der Waals surface area contributed by atoms with Gasteiger partial charge in [0.25, 0.3) is 0 Å². The van der Waals surface area contributed by atoms with Crippen LogP contribution in [-0.2, 0) is 4.79 Å². The molecule has 0 aliphatic heterocycles. The second kappa shape index (κ2) is 5.79. The molecule has 2 heteroatoms. The summed E-state index contributed by atoms with van der Waals surface area (Å²) in [5.41, 5.74) is 0. The molecule has 2 nitrogen and oxygen atoms in total. The Morgan fingerprint density at radius 2 is 2.27 bits per heavy atom. The van der Waals surface area contributed by atoms with E-state index in [1.54, 1.807) is 13.8 Å². The molecule has 0 aromatic rings. The number of rotatable bonds is 4. The highest BCUT2D eigenvalue weighted by atomic mass is 16.4. The van der Waals surface area contributed by atoms with Crippen molar-refractivity contribution in [3.8, 4) is 11.8 Å². The predicted molar refractivity (Wildman–Crippen MR) is 44.1 cm³/mol. The van der Waals surface area contributed by atoms with Gasteiger partial charge in [-0.25, -0.2) is 0 Å². The molecular formula is C9H14O2. The van der Waals surface area contributed by atoms with E-state index >= 15 is 0 Å². The highest BCUT2D eigenvalue weighted by Crippen LogP contribution is 2.06. The van der Waals surface area contributed by atoms with Gasteiger partial charge >= 0.3 is 5.97 Å². The zero-order valence-corrected chi connectivity index (χ0v) is 7.05. The van der Waals surface area contributed by atoms with Gasteiger partial charge in [-0.05, 0) is 19.8 Å². The molecule has 0 fully saturated rings. The Morgan fingerprint density at radius 1 is 1.64 bits per heavy atom. The smallest absolute Gasteiger partial charge is 0.306 e. The standard InChI is InChI=1S/C9H14O2/c1-3-4-5-6-7-8(2)9(10)11/h8H,5-7H2,1-2H3,(H,10,11). The Labute approximate surface area is 67.6 Å². The summed E-state index contributed by atoms with van der Waals surface area (Å²) in [6.45, 7) is 3.52. The van der Waals surface area contributed by atoms with Crippen molar-refractivity contribution >= 4 is 5.97 Å². The molecule has 0 aromatic heterocycles. The molecule has 0 aliphatic rings. The van der Waals surface area contributed by atoms with E-state index in [2.05, 4.69) is 11.8 Å². The van der Waals surface area contributed by atoms with E-state index in [1.807, 2.05) is 0 Å². The Kier molecular flexibility index (Phi) is 5.28. The van der Waals surface area contributed by atoms with Crippen LogP contribution in [0.5, 0.6) is 0 Å². The minimum Gasteiger partial charge on any atom is -0.481 e. The van der Waals surface area contributed by atoms with Gasteiger partial charge in [-0.3, -0.25) is 4.79 Å². The molecule has 0 aromatic carbocycles. The molecule has 11 heavy (non-hydrogen) atoms. The lowest BCUT2D eigenvalue weighted by Crippen LogP contribution is -2.08. The first kappa shape index (κ1) is 10.0. The summed E-state index contributed by atoms with van der Waals surface area (Å²) in [6.07, 6.45) is 2.42. The van der Waals surface area contributed by atoms with Crippen molar-refractivity contribution in [2.24, 2.45) is 5.92 Å². The van der Waals surface area contributed by atoms with Gasteiger partial charge in [0, 0.05) is 6.42 Å². The lowest BCUT2D eigenvalue weighted by Gasteiger charge is -2.01. The van der Waals surface area contributed by atoms with Gasteiger partial charge < -0.3 is 5.11 Å². The van der Waals surface area contributed by atoms with Crippen LogP contribution in [0.1, 0.15) is 33.1 Å². The fourth-order valence-corrected chi connectivity index (χ4v) is 0.745. The third-order valence-electron chi connectivity index (χ3n) is 1.54. The van der Waals surface area contributed by atoms with E-state index in [0.29, 0.717) is 0 Å². The summed E-state index contributed by atoms with van der Waals surface area (Å²) in [5, 5.41) is 8.50. The number of aliphatic carboxylic acids is 1. The topological polar surface area (TPSA) is 37.3 Å². The predicted octanol–water partition coefficient (Wildman–Crippen LogP) is 1.90. The first-order chi connectivity index (χ1) is 5.18. The highest BCUT2D eigenvalue weighted by Gasteiger charge is 2.08. The van der Waals surface area contributed by atoms with Gasteiger partial charge in [0.2, 0.25) is 0 Å². The van der Waals surface area contributed by atoms with Crippen molar-refractivity contribution in [1.29, 1.82) is 0 Å². The zero-order chi connectivity index (χ0) is 8.69. The molecule has 0 aliphatic carbocycles. The Morgan fingerprint density at radius 3 is 2.73 bits per heavy atom. The van der Waals surface area contributed by atoms with Crippen molar-refractivity contribution in [3.63, 3.8) is 0 Å². The lowest BCUT2D eigenvalue weighted by atomic mass is 10.1. The monoisotopic (exact) mass is 154 g/mol. The maximum absolute atomic E-state index is 10.3. The van der Waals surface area contributed by atoms with E-state index in [-0.39, 0.29) is 5.92 Å². The summed E-state index contributed by atoms with van der Waals surface area (Å²) >= 11 is 0. The molecule has 0 bridgehead atoms. The van der Waals surface area contributed by atoms with Gasteiger partial charge in [-0.2, -0.15) is 0 Å². The molecule has 0 radical (unpaired) electrons. The molecule has 0 rings (SSSR count). The number of hydrogen-bond acceptors (Lipinski definition) is 1. The maximum atomic E-state index is 10.3. The van der Waals surface area contributed by atoms with Crippen LogP contribution >= 0.6 is 0 Å². The van der Waals surface area contributed by atoms with Crippen molar-refractivity contribution in [2.45, 2.75) is 33.1 Å². The van der Waals surface area contributed by atoms with Crippen molar-refractivity contribution in [1.82, 2.24) is 0 Å². The third-order valence-corrected chi connectivity index (χ3v) is 1.54. The van der Waals surface area contributed by atoms with Crippen molar-refractivity contribution < 1.29 is 9.90 Å². The number of carboxylic acid groups (broad SMARTS) is 1. The Balaban J connectivity index is 3.36. The van der Waals surface area contributed by atoms with Crippen molar-refractivity contribution in [2.75, 3.05) is 0 Å². The van der Waals surface area contributed by atoms with Gasteiger partial charge in [0.1, 0.15) is 0 Å². The van der Waals surface area contributed by atoms with Crippen LogP contribution in [0.15, 0.2) is 0 Å². The van der Waals surface area contributed by atoms with Crippen LogP contribution in [0.3, 0.4) is 0 Å². The third kappa shape index (κ3) is 5.47. The second-order valence-corrected chi connectivity index (χ2v) is 2.56. The van der Waals surface area contributed by atoms with E-state index in [0.717, 1.165) is 19.3 Å². The molecule has 62 valence electrons. The second-order valence-electron chi connectivity index (χ2n) is 2.56. The average molecular weight is 154 g/mol. The number of carbonyl (C=O) groups is 1. The first-order valence-electron chi connectivity index (χ1n) is 3.81. The van der Waals surface area contributed by atoms with Crippen molar-refractivity contribution in [3.05, 3.63) is 0 Å². The molecule has 1 N–H and O–H groups in total. The van der Waals surface area contributed by atoms with Crippen LogP contribution in [-0.4, -0.2) is 11.1 Å². The SMILES string of the molecule is CC#CCCCC(C)C(=O)O. The Bertz CT molecular complexity index is 174. The zero-order valence-electron chi connectivity index (χ0n) is 7.05. The minimum atomic E-state index is -0.713. The summed E-state index contributed by atoms with van der Waals surface area (Å²) in [5.74, 6) is 4.73. The van der Waals surface area contributed by atoms with E-state index in [1.165, 1.54) is 0 Å². The minimum absolute atomic E-state index is 0.228. The van der Waals surface area contributed by atoms with Crippen LogP contribution in [0.2, 0.25) is 0 Å². The molecule has 0 amide bonds. The van der Waals surface area contributed by atoms with Gasteiger partial charge in [0.15, 0.2) is 0 Å². The molecule has 0 saturated heterocycles. The largest absolute Gasteiger partial charge is 0.481 e. The van der Waals surface area contributed by atoms with Gasteiger partial charge in [-0.1, -0.05) is 6.92 Å². The van der Waals surface area contributed by atoms with Gasteiger partial charge in [-0.15, -0.1) is 11.8 Å². The van der Waals surface area contributed by atoms with E-state index in [4.69, 9.17) is 5.11 Å². The van der Waals surface area contributed by atoms with Crippen LogP contribution in [0, 0.1) is 17.8 Å². The van der Waals surface area contributed by atoms with Crippen LogP contribution < -0.4 is 0 Å². The summed E-state index contributed by atoms with van der Waals surface area (Å²) in [4.78, 5) is 10.3. The normalized spacial score (nSPS) is 11.5. The fraction of sp³-hybridized carbons (Fsp3) is 0.667. The summed E-state index contributed by atoms with van der Waals surface area (Å²) in [7, 11) is 0. The quantitative estimate of drug-likeness (QED) is 0.496. The van der Waals surface area contributed by atoms with E-state index in [9.17, 15) is 4.79 Å². The van der Waals surface area contributed by atoms with Gasteiger partial charge in [0.05, 0.1) is 5.92 Å². The Hall–Kier alpha value is -0.970. The molecular weight excluding hydrogens is 140 g/mol. The fourth-order valence-electron chi connectivity index (χ4n) is 0.745. The highest BCUT2D eigenvalue weighted by molar-refractivity contribution is 5.69. The molecule has 1 unspecified atom stereocenters. The molecule has 0 spiro atoms. The number of unbranched alkanes of at least 4 members (excludes halogenated alkanes) is 1. The molecule has 1 atom stereocenters. The molecule has 0 saturated carbocycles. The van der Waals surface area contributed by atoms with Crippen LogP contribution in [0.25, 0.3) is 0 Å². The average Bonchev–Trinajstić information content (AvgIpc) is 1.97. The maximum Gasteiger partial charge on any atom is 0.306 e. The summed E-state index contributed by atoms with van der Waals surface area (Å²) in [6, 6.07) is 0. The first-order valence-corrected chi connectivity index (χ1v) is 3.81. The summed E-state index contributed by atoms with van der Waals surface area (Å²) < 4.78 is 0. The lowest BCUT2D eigenvalue weighted by molar-refractivity contribution is -0.141. The van der Waals surface area contributed by atoms with E-state index < -0.39 is 5.97 Å². The molecule has 0 heterocycles. The van der Waals surface area contributed by atoms with Crippen LogP contribution in [0.4, 0.5) is 0 Å².